The molecular weight excluding hydrogens is 268 g/mol. The van der Waals surface area contributed by atoms with Gasteiger partial charge >= 0.3 is 0 Å². The van der Waals surface area contributed by atoms with E-state index in [9.17, 15) is 4.79 Å². The fourth-order valence-electron chi connectivity index (χ4n) is 2.52. The van der Waals surface area contributed by atoms with Gasteiger partial charge in [0, 0.05) is 10.8 Å². The van der Waals surface area contributed by atoms with Crippen molar-refractivity contribution in [2.75, 3.05) is 18.8 Å². The van der Waals surface area contributed by atoms with Crippen LogP contribution in [0.5, 0.6) is 0 Å². The number of carbonyl (C=O) groups is 1. The van der Waals surface area contributed by atoms with Gasteiger partial charge in [0.25, 0.3) is 0 Å². The summed E-state index contributed by atoms with van der Waals surface area (Å²) in [5, 5.41) is 6.43. The molecule has 1 atom stereocenters. The molecule has 1 amide bonds. The molecule has 2 rings (SSSR count). The van der Waals surface area contributed by atoms with Gasteiger partial charge in [0.15, 0.2) is 0 Å². The van der Waals surface area contributed by atoms with E-state index in [1.165, 1.54) is 10.5 Å². The maximum Gasteiger partial charge on any atom is 0.223 e. The largest absolute Gasteiger partial charge is 0.349 e. The monoisotopic (exact) mass is 292 g/mol. The molecule has 1 saturated heterocycles. The van der Waals surface area contributed by atoms with E-state index >= 15 is 0 Å². The van der Waals surface area contributed by atoms with E-state index in [0.29, 0.717) is 0 Å². The SMILES string of the molecule is CCSc1ccc(C(C)NC(=O)C2CCNCC2)cc1. The summed E-state index contributed by atoms with van der Waals surface area (Å²) < 4.78 is 0. The van der Waals surface area contributed by atoms with Gasteiger partial charge in [0.1, 0.15) is 0 Å². The third-order valence-electron chi connectivity index (χ3n) is 3.76. The van der Waals surface area contributed by atoms with Gasteiger partial charge in [-0.3, -0.25) is 4.79 Å². The third kappa shape index (κ3) is 4.25. The predicted octanol–water partition coefficient (Wildman–Crippen LogP) is 2.98. The van der Waals surface area contributed by atoms with Crippen molar-refractivity contribution in [3.63, 3.8) is 0 Å². The van der Waals surface area contributed by atoms with Crippen molar-refractivity contribution in [1.29, 1.82) is 0 Å². The predicted molar refractivity (Wildman–Crippen MR) is 85.0 cm³/mol. The molecule has 1 aliphatic rings. The van der Waals surface area contributed by atoms with Crippen LogP contribution >= 0.6 is 11.8 Å². The van der Waals surface area contributed by atoms with Crippen LogP contribution < -0.4 is 10.6 Å². The molecule has 0 radical (unpaired) electrons. The summed E-state index contributed by atoms with van der Waals surface area (Å²) >= 11 is 1.84. The minimum atomic E-state index is 0.0815. The second-order valence-electron chi connectivity index (χ2n) is 5.26. The maximum atomic E-state index is 12.2. The Morgan fingerprint density at radius 3 is 2.60 bits per heavy atom. The molecule has 0 spiro atoms. The van der Waals surface area contributed by atoms with Gasteiger partial charge in [0.05, 0.1) is 6.04 Å². The quantitative estimate of drug-likeness (QED) is 0.820. The van der Waals surface area contributed by atoms with Gasteiger partial charge in [-0.2, -0.15) is 0 Å². The highest BCUT2D eigenvalue weighted by Crippen LogP contribution is 2.21. The number of hydrogen-bond donors (Lipinski definition) is 2. The van der Waals surface area contributed by atoms with E-state index < -0.39 is 0 Å². The summed E-state index contributed by atoms with van der Waals surface area (Å²) in [4.78, 5) is 13.5. The van der Waals surface area contributed by atoms with Crippen molar-refractivity contribution in [2.24, 2.45) is 5.92 Å². The normalized spacial score (nSPS) is 17.7. The summed E-state index contributed by atoms with van der Waals surface area (Å²) in [6, 6.07) is 8.59. The van der Waals surface area contributed by atoms with Crippen LogP contribution in [0.1, 0.15) is 38.3 Å². The van der Waals surface area contributed by atoms with Crippen molar-refractivity contribution >= 4 is 17.7 Å². The highest BCUT2D eigenvalue weighted by atomic mass is 32.2. The van der Waals surface area contributed by atoms with Crippen molar-refractivity contribution in [1.82, 2.24) is 10.6 Å². The summed E-state index contributed by atoms with van der Waals surface area (Å²) in [6.07, 6.45) is 1.90. The molecule has 0 bridgehead atoms. The molecule has 1 aromatic carbocycles. The topological polar surface area (TPSA) is 41.1 Å². The second kappa shape index (κ2) is 7.70. The molecular formula is C16H24N2OS. The van der Waals surface area contributed by atoms with Crippen LogP contribution in [0.3, 0.4) is 0 Å². The number of amides is 1. The molecule has 0 saturated carbocycles. The van der Waals surface area contributed by atoms with E-state index in [4.69, 9.17) is 0 Å². The van der Waals surface area contributed by atoms with Gasteiger partial charge in [-0.15, -0.1) is 11.8 Å². The third-order valence-corrected chi connectivity index (χ3v) is 4.65. The smallest absolute Gasteiger partial charge is 0.223 e. The van der Waals surface area contributed by atoms with E-state index in [1.54, 1.807) is 0 Å². The van der Waals surface area contributed by atoms with Crippen LogP contribution in [0.15, 0.2) is 29.2 Å². The average Bonchev–Trinajstić information content (AvgIpc) is 2.49. The Labute approximate surface area is 125 Å². The first-order valence-electron chi connectivity index (χ1n) is 7.44. The van der Waals surface area contributed by atoms with Crippen molar-refractivity contribution < 1.29 is 4.79 Å². The molecule has 0 aromatic heterocycles. The summed E-state index contributed by atoms with van der Waals surface area (Å²) in [6.45, 7) is 6.12. The van der Waals surface area contributed by atoms with Crippen molar-refractivity contribution in [2.45, 2.75) is 37.6 Å². The summed E-state index contributed by atoms with van der Waals surface area (Å²) in [5.74, 6) is 1.46. The standard InChI is InChI=1S/C16H24N2OS/c1-3-20-15-6-4-13(5-7-15)12(2)18-16(19)14-8-10-17-11-9-14/h4-7,12,14,17H,3,8-11H2,1-2H3,(H,18,19). The lowest BCUT2D eigenvalue weighted by molar-refractivity contribution is -0.126. The molecule has 20 heavy (non-hydrogen) atoms. The van der Waals surface area contributed by atoms with E-state index in [0.717, 1.165) is 31.7 Å². The van der Waals surface area contributed by atoms with Crippen LogP contribution in [0.4, 0.5) is 0 Å². The highest BCUT2D eigenvalue weighted by molar-refractivity contribution is 7.99. The fourth-order valence-corrected chi connectivity index (χ4v) is 3.18. The molecule has 1 heterocycles. The van der Waals surface area contributed by atoms with E-state index in [2.05, 4.69) is 48.7 Å². The maximum absolute atomic E-state index is 12.2. The Bertz CT molecular complexity index is 427. The molecule has 110 valence electrons. The van der Waals surface area contributed by atoms with Crippen LogP contribution in [0.2, 0.25) is 0 Å². The number of nitrogens with one attached hydrogen (secondary N) is 2. The number of rotatable bonds is 5. The average molecular weight is 292 g/mol. The lowest BCUT2D eigenvalue weighted by atomic mass is 9.96. The number of carbonyl (C=O) groups excluding carboxylic acids is 1. The van der Waals surface area contributed by atoms with Crippen LogP contribution in [0, 0.1) is 5.92 Å². The molecule has 4 heteroatoms. The van der Waals surface area contributed by atoms with Gasteiger partial charge in [-0.05, 0) is 56.3 Å². The minimum Gasteiger partial charge on any atom is -0.349 e. The Hall–Kier alpha value is -1.00. The number of benzene rings is 1. The van der Waals surface area contributed by atoms with Crippen LogP contribution in [0.25, 0.3) is 0 Å². The molecule has 1 fully saturated rings. The summed E-state index contributed by atoms with van der Waals surface area (Å²) in [7, 11) is 0. The zero-order valence-corrected chi connectivity index (χ0v) is 13.1. The second-order valence-corrected chi connectivity index (χ2v) is 6.59. The molecule has 1 aromatic rings. The lowest BCUT2D eigenvalue weighted by Gasteiger charge is -2.24. The van der Waals surface area contributed by atoms with Crippen molar-refractivity contribution in [3.05, 3.63) is 29.8 Å². The molecule has 2 N–H and O–H groups in total. The zero-order valence-electron chi connectivity index (χ0n) is 12.3. The van der Waals surface area contributed by atoms with Gasteiger partial charge < -0.3 is 10.6 Å². The first-order valence-corrected chi connectivity index (χ1v) is 8.43. The molecule has 3 nitrogen and oxygen atoms in total. The first kappa shape index (κ1) is 15.4. The Morgan fingerprint density at radius 1 is 1.35 bits per heavy atom. The van der Waals surface area contributed by atoms with E-state index in [1.807, 2.05) is 11.8 Å². The highest BCUT2D eigenvalue weighted by Gasteiger charge is 2.22. The Morgan fingerprint density at radius 2 is 2.00 bits per heavy atom. The lowest BCUT2D eigenvalue weighted by Crippen LogP contribution is -2.39. The number of piperidine rings is 1. The fraction of sp³-hybridized carbons (Fsp3) is 0.562. The molecule has 1 unspecified atom stereocenters. The van der Waals surface area contributed by atoms with Gasteiger partial charge in [-0.1, -0.05) is 19.1 Å². The first-order chi connectivity index (χ1) is 9.70. The Kier molecular flexibility index (Phi) is 5.92. The molecule has 1 aliphatic heterocycles. The zero-order chi connectivity index (χ0) is 14.4. The van der Waals surface area contributed by atoms with E-state index in [-0.39, 0.29) is 17.9 Å². The number of thioether (sulfide) groups is 1. The van der Waals surface area contributed by atoms with Crippen LogP contribution in [-0.2, 0) is 4.79 Å². The number of hydrogen-bond acceptors (Lipinski definition) is 3. The minimum absolute atomic E-state index is 0.0815. The van der Waals surface area contributed by atoms with Crippen LogP contribution in [-0.4, -0.2) is 24.7 Å². The van der Waals surface area contributed by atoms with Crippen molar-refractivity contribution in [3.8, 4) is 0 Å². The van der Waals surface area contributed by atoms with Gasteiger partial charge in [-0.25, -0.2) is 0 Å². The Balaban J connectivity index is 1.89. The van der Waals surface area contributed by atoms with Gasteiger partial charge in [0.2, 0.25) is 5.91 Å². The summed E-state index contributed by atoms with van der Waals surface area (Å²) in [5.41, 5.74) is 1.17. The molecule has 0 aliphatic carbocycles.